The minimum Gasteiger partial charge on any atom is -0.491 e. The molecule has 0 aliphatic carbocycles. The predicted molar refractivity (Wildman–Crippen MR) is 71.8 cm³/mol. The Balaban J connectivity index is 1.69. The van der Waals surface area contributed by atoms with Crippen LogP contribution in [0, 0.1) is 6.92 Å². The van der Waals surface area contributed by atoms with E-state index in [1.165, 1.54) is 0 Å². The lowest BCUT2D eigenvalue weighted by atomic mass is 10.3. The number of carbonyl (C=O) groups excluding carboxylic acids is 1. The van der Waals surface area contributed by atoms with Crippen molar-refractivity contribution in [2.24, 2.45) is 0 Å². The first-order valence-corrected chi connectivity index (χ1v) is 6.18. The van der Waals surface area contributed by atoms with Gasteiger partial charge in [0.05, 0.1) is 25.3 Å². The molecule has 106 valence electrons. The standard InChI is InChI=1S/C13H16N4O3/c1-9-16-13(20-17-9)8-15-12(18)6-7-19-11-5-3-2-4-10(11)14/h2-5H,6-8,14H2,1H3,(H,15,18). The zero-order valence-corrected chi connectivity index (χ0v) is 11.1. The second kappa shape index (κ2) is 6.55. The van der Waals surface area contributed by atoms with Gasteiger partial charge in [0.15, 0.2) is 5.82 Å². The largest absolute Gasteiger partial charge is 0.491 e. The molecule has 3 N–H and O–H groups in total. The van der Waals surface area contributed by atoms with Crippen LogP contribution in [0.4, 0.5) is 5.69 Å². The van der Waals surface area contributed by atoms with Crippen LogP contribution in [0.15, 0.2) is 28.8 Å². The van der Waals surface area contributed by atoms with Gasteiger partial charge in [0.2, 0.25) is 11.8 Å². The fourth-order valence-corrected chi connectivity index (χ4v) is 1.54. The third-order valence-electron chi connectivity index (χ3n) is 2.51. The molecule has 0 aliphatic heterocycles. The van der Waals surface area contributed by atoms with Crippen LogP contribution >= 0.6 is 0 Å². The Morgan fingerprint density at radius 1 is 1.45 bits per heavy atom. The Morgan fingerprint density at radius 2 is 2.25 bits per heavy atom. The summed E-state index contributed by atoms with van der Waals surface area (Å²) < 4.78 is 10.3. The van der Waals surface area contributed by atoms with Crippen molar-refractivity contribution in [3.63, 3.8) is 0 Å². The van der Waals surface area contributed by atoms with E-state index in [2.05, 4.69) is 15.5 Å². The summed E-state index contributed by atoms with van der Waals surface area (Å²) in [5.74, 6) is 1.34. The number of para-hydroxylation sites is 2. The first kappa shape index (κ1) is 13.9. The van der Waals surface area contributed by atoms with E-state index in [9.17, 15) is 4.79 Å². The maximum absolute atomic E-state index is 11.6. The molecule has 0 radical (unpaired) electrons. The summed E-state index contributed by atoms with van der Waals surface area (Å²) >= 11 is 0. The molecule has 1 heterocycles. The van der Waals surface area contributed by atoms with Crippen molar-refractivity contribution in [1.29, 1.82) is 0 Å². The van der Waals surface area contributed by atoms with Crippen molar-refractivity contribution in [2.75, 3.05) is 12.3 Å². The summed E-state index contributed by atoms with van der Waals surface area (Å²) in [6, 6.07) is 7.15. The molecule has 2 rings (SSSR count). The van der Waals surface area contributed by atoms with Gasteiger partial charge in [0.25, 0.3) is 0 Å². The topological polar surface area (TPSA) is 103 Å². The molecule has 1 aromatic carbocycles. The summed E-state index contributed by atoms with van der Waals surface area (Å²) in [6.45, 7) is 2.18. The molecular formula is C13H16N4O3. The number of aromatic nitrogens is 2. The van der Waals surface area contributed by atoms with Gasteiger partial charge in [-0.2, -0.15) is 4.98 Å². The Labute approximate surface area is 116 Å². The number of ether oxygens (including phenoxy) is 1. The molecular weight excluding hydrogens is 260 g/mol. The van der Waals surface area contributed by atoms with Crippen molar-refractivity contribution in [3.05, 3.63) is 36.0 Å². The molecule has 0 spiro atoms. The smallest absolute Gasteiger partial charge is 0.246 e. The predicted octanol–water partition coefficient (Wildman–Crippen LogP) is 1.05. The Hall–Kier alpha value is -2.57. The normalized spacial score (nSPS) is 10.2. The molecule has 0 aliphatic rings. The van der Waals surface area contributed by atoms with Crippen molar-refractivity contribution in [3.8, 4) is 5.75 Å². The molecule has 0 atom stereocenters. The molecule has 7 heteroatoms. The molecule has 0 fully saturated rings. The van der Waals surface area contributed by atoms with E-state index in [4.69, 9.17) is 15.0 Å². The van der Waals surface area contributed by atoms with E-state index in [1.807, 2.05) is 12.1 Å². The first-order chi connectivity index (χ1) is 9.65. The summed E-state index contributed by atoms with van der Waals surface area (Å²) in [6.07, 6.45) is 0.224. The number of aryl methyl sites for hydroxylation is 1. The van der Waals surface area contributed by atoms with E-state index in [0.29, 0.717) is 23.2 Å². The van der Waals surface area contributed by atoms with Gasteiger partial charge in [-0.25, -0.2) is 0 Å². The number of nitrogens with zero attached hydrogens (tertiary/aromatic N) is 2. The molecule has 2 aromatic rings. The lowest BCUT2D eigenvalue weighted by molar-refractivity contribution is -0.121. The highest BCUT2D eigenvalue weighted by Crippen LogP contribution is 2.19. The number of carbonyl (C=O) groups is 1. The molecule has 1 amide bonds. The molecule has 0 saturated carbocycles. The van der Waals surface area contributed by atoms with Crippen LogP contribution in [-0.2, 0) is 11.3 Å². The Bertz CT molecular complexity index is 583. The maximum atomic E-state index is 11.6. The molecule has 0 saturated heterocycles. The van der Waals surface area contributed by atoms with Gasteiger partial charge < -0.3 is 20.3 Å². The van der Waals surface area contributed by atoms with E-state index < -0.39 is 0 Å². The fraction of sp³-hybridized carbons (Fsp3) is 0.308. The van der Waals surface area contributed by atoms with Crippen LogP contribution in [0.5, 0.6) is 5.75 Å². The summed E-state index contributed by atoms with van der Waals surface area (Å²) in [5, 5.41) is 6.30. The Kier molecular flexibility index (Phi) is 4.54. The molecule has 0 bridgehead atoms. The highest BCUT2D eigenvalue weighted by molar-refractivity contribution is 5.75. The van der Waals surface area contributed by atoms with Gasteiger partial charge in [0, 0.05) is 0 Å². The number of nitrogens with one attached hydrogen (secondary N) is 1. The molecule has 0 unspecified atom stereocenters. The third-order valence-corrected chi connectivity index (χ3v) is 2.51. The second-order valence-electron chi connectivity index (χ2n) is 4.15. The number of hydrogen-bond acceptors (Lipinski definition) is 6. The van der Waals surface area contributed by atoms with Crippen molar-refractivity contribution in [2.45, 2.75) is 19.9 Å². The number of benzene rings is 1. The van der Waals surface area contributed by atoms with Crippen LogP contribution in [0.2, 0.25) is 0 Å². The molecule has 7 nitrogen and oxygen atoms in total. The van der Waals surface area contributed by atoms with Crippen LogP contribution in [0.1, 0.15) is 18.1 Å². The average molecular weight is 276 g/mol. The highest BCUT2D eigenvalue weighted by atomic mass is 16.5. The number of nitrogens with two attached hydrogens (primary N) is 1. The van der Waals surface area contributed by atoms with Crippen LogP contribution < -0.4 is 15.8 Å². The number of hydrogen-bond donors (Lipinski definition) is 2. The first-order valence-electron chi connectivity index (χ1n) is 6.18. The number of nitrogen functional groups attached to an aromatic ring is 1. The summed E-state index contributed by atoms with van der Waals surface area (Å²) in [7, 11) is 0. The number of anilines is 1. The monoisotopic (exact) mass is 276 g/mol. The van der Waals surface area contributed by atoms with E-state index >= 15 is 0 Å². The van der Waals surface area contributed by atoms with Gasteiger partial charge in [-0.3, -0.25) is 4.79 Å². The molecule has 1 aromatic heterocycles. The SMILES string of the molecule is Cc1noc(CNC(=O)CCOc2ccccc2N)n1. The van der Waals surface area contributed by atoms with E-state index in [1.54, 1.807) is 19.1 Å². The van der Waals surface area contributed by atoms with Crippen molar-refractivity contribution in [1.82, 2.24) is 15.5 Å². The Morgan fingerprint density at radius 3 is 2.95 bits per heavy atom. The van der Waals surface area contributed by atoms with Crippen LogP contribution in [0.3, 0.4) is 0 Å². The second-order valence-corrected chi connectivity index (χ2v) is 4.15. The van der Waals surface area contributed by atoms with Crippen molar-refractivity contribution < 1.29 is 14.1 Å². The van der Waals surface area contributed by atoms with Crippen LogP contribution in [-0.4, -0.2) is 22.7 Å². The average Bonchev–Trinajstić information content (AvgIpc) is 2.84. The van der Waals surface area contributed by atoms with E-state index in [0.717, 1.165) is 0 Å². The van der Waals surface area contributed by atoms with Gasteiger partial charge in [-0.1, -0.05) is 17.3 Å². The zero-order chi connectivity index (χ0) is 14.4. The zero-order valence-electron chi connectivity index (χ0n) is 11.1. The minimum absolute atomic E-state index is 0.157. The lowest BCUT2D eigenvalue weighted by Gasteiger charge is -2.08. The van der Waals surface area contributed by atoms with Crippen molar-refractivity contribution >= 4 is 11.6 Å². The van der Waals surface area contributed by atoms with Gasteiger partial charge in [0.1, 0.15) is 5.75 Å². The van der Waals surface area contributed by atoms with Crippen LogP contribution in [0.25, 0.3) is 0 Å². The minimum atomic E-state index is -0.157. The van der Waals surface area contributed by atoms with E-state index in [-0.39, 0.29) is 25.5 Å². The van der Waals surface area contributed by atoms with Gasteiger partial charge in [-0.05, 0) is 19.1 Å². The summed E-state index contributed by atoms with van der Waals surface area (Å²) in [4.78, 5) is 15.6. The fourth-order valence-electron chi connectivity index (χ4n) is 1.54. The number of amides is 1. The quantitative estimate of drug-likeness (QED) is 0.764. The summed E-state index contributed by atoms with van der Waals surface area (Å²) in [5.41, 5.74) is 6.27. The number of rotatable bonds is 6. The van der Waals surface area contributed by atoms with Gasteiger partial charge in [-0.15, -0.1) is 0 Å². The lowest BCUT2D eigenvalue weighted by Crippen LogP contribution is -2.24. The maximum Gasteiger partial charge on any atom is 0.246 e. The van der Waals surface area contributed by atoms with Gasteiger partial charge >= 0.3 is 0 Å². The highest BCUT2D eigenvalue weighted by Gasteiger charge is 2.06. The third kappa shape index (κ3) is 3.98. The molecule has 20 heavy (non-hydrogen) atoms.